The lowest BCUT2D eigenvalue weighted by Crippen LogP contribution is -2.36. The molecule has 1 saturated carbocycles. The highest BCUT2D eigenvalue weighted by Crippen LogP contribution is 2.34. The Morgan fingerprint density at radius 3 is 2.72 bits per heavy atom. The molecular weight excluding hydrogens is 456 g/mol. The normalized spacial score (nSPS) is 15.7. The third-order valence-corrected chi connectivity index (χ3v) is 7.17. The van der Waals surface area contributed by atoms with E-state index in [1.54, 1.807) is 13.4 Å². The van der Waals surface area contributed by atoms with Gasteiger partial charge in [-0.15, -0.1) is 5.10 Å². The Morgan fingerprint density at radius 1 is 1.17 bits per heavy atom. The first-order valence-corrected chi connectivity index (χ1v) is 12.8. The zero-order chi connectivity index (χ0) is 25.1. The predicted octanol–water partition coefficient (Wildman–Crippen LogP) is 5.02. The van der Waals surface area contributed by atoms with E-state index in [9.17, 15) is 4.79 Å². The molecule has 0 bridgehead atoms. The number of ether oxygens (including phenoxy) is 1. The number of hydrogen-bond donors (Lipinski definition) is 1. The maximum absolute atomic E-state index is 13.2. The zero-order valence-corrected chi connectivity index (χ0v) is 21.2. The lowest BCUT2D eigenvalue weighted by atomic mass is 9.94. The number of furan rings is 1. The first-order chi connectivity index (χ1) is 17.5. The molecule has 1 aromatic carbocycles. The van der Waals surface area contributed by atoms with Crippen LogP contribution in [0.5, 0.6) is 5.75 Å². The largest absolute Gasteiger partial charge is 0.497 e. The number of pyridine rings is 1. The second-order valence-electron chi connectivity index (χ2n) is 10.0. The first-order valence-electron chi connectivity index (χ1n) is 12.8. The van der Waals surface area contributed by atoms with Crippen molar-refractivity contribution in [2.24, 2.45) is 5.92 Å². The minimum Gasteiger partial charge on any atom is -0.497 e. The number of rotatable bonds is 9. The van der Waals surface area contributed by atoms with Crippen molar-refractivity contribution in [2.75, 3.05) is 7.11 Å². The Kier molecular flexibility index (Phi) is 7.18. The van der Waals surface area contributed by atoms with Crippen LogP contribution in [-0.2, 0) is 13.1 Å². The van der Waals surface area contributed by atoms with Crippen LogP contribution in [0.3, 0.4) is 0 Å². The van der Waals surface area contributed by atoms with Crippen molar-refractivity contribution in [3.05, 3.63) is 70.2 Å². The number of methoxy groups -OCH3 is 1. The highest BCUT2D eigenvalue weighted by Gasteiger charge is 2.32. The molecule has 1 aliphatic carbocycles. The molecule has 1 N–H and O–H groups in total. The molecule has 5 rings (SSSR count). The minimum absolute atomic E-state index is 0.0991. The molecule has 1 atom stereocenters. The molecule has 0 aliphatic heterocycles. The molecule has 0 radical (unpaired) electrons. The van der Waals surface area contributed by atoms with Gasteiger partial charge in [-0.05, 0) is 64.9 Å². The second-order valence-corrected chi connectivity index (χ2v) is 10.0. The lowest BCUT2D eigenvalue weighted by Gasteiger charge is -2.34. The van der Waals surface area contributed by atoms with Gasteiger partial charge in [-0.1, -0.05) is 33.1 Å². The fraction of sp³-hybridized carbons (Fsp3) is 0.481. The number of tetrazole rings is 1. The van der Waals surface area contributed by atoms with Gasteiger partial charge >= 0.3 is 0 Å². The lowest BCUT2D eigenvalue weighted by molar-refractivity contribution is 0.112. The molecule has 9 heteroatoms. The van der Waals surface area contributed by atoms with Gasteiger partial charge in [0.05, 0.1) is 37.5 Å². The minimum atomic E-state index is -0.116. The van der Waals surface area contributed by atoms with Gasteiger partial charge in [-0.3, -0.25) is 9.69 Å². The standard InChI is InChI=1S/C27H34N6O3/c1-18(2)25(26-29-30-31-33(26)21-8-5-4-6-9-21)32(17-23-10-7-13-36-23)16-20-14-19-11-12-22(35-3)15-24(19)28-27(20)34/h7,10-15,18,21,25H,4-6,8-9,16-17H2,1-3H3,(H,28,34)/t25-/m0/s1. The quantitative estimate of drug-likeness (QED) is 0.351. The Bertz CT molecular complexity index is 1340. The van der Waals surface area contributed by atoms with Gasteiger partial charge in [0, 0.05) is 18.2 Å². The molecule has 36 heavy (non-hydrogen) atoms. The maximum atomic E-state index is 13.2. The van der Waals surface area contributed by atoms with Gasteiger partial charge in [0.25, 0.3) is 5.56 Å². The van der Waals surface area contributed by atoms with E-state index < -0.39 is 0 Å². The molecule has 190 valence electrons. The Morgan fingerprint density at radius 2 is 2.00 bits per heavy atom. The highest BCUT2D eigenvalue weighted by atomic mass is 16.5. The van der Waals surface area contributed by atoms with E-state index in [2.05, 4.69) is 39.3 Å². The third kappa shape index (κ3) is 5.06. The molecule has 3 aromatic heterocycles. The van der Waals surface area contributed by atoms with Gasteiger partial charge in [-0.25, -0.2) is 4.68 Å². The molecule has 3 heterocycles. The fourth-order valence-electron chi connectivity index (χ4n) is 5.41. The van der Waals surface area contributed by atoms with Crippen molar-refractivity contribution < 1.29 is 9.15 Å². The summed E-state index contributed by atoms with van der Waals surface area (Å²) >= 11 is 0. The van der Waals surface area contributed by atoms with Crippen LogP contribution in [0.15, 0.2) is 51.9 Å². The van der Waals surface area contributed by atoms with E-state index in [1.807, 2.05) is 41.1 Å². The third-order valence-electron chi connectivity index (χ3n) is 7.17. The first kappa shape index (κ1) is 24.2. The number of H-pyrrole nitrogens is 1. The van der Waals surface area contributed by atoms with E-state index in [4.69, 9.17) is 9.15 Å². The van der Waals surface area contributed by atoms with Crippen LogP contribution in [0.25, 0.3) is 10.9 Å². The van der Waals surface area contributed by atoms with Crippen molar-refractivity contribution in [3.8, 4) is 5.75 Å². The van der Waals surface area contributed by atoms with Gasteiger partial charge in [0.15, 0.2) is 5.82 Å². The van der Waals surface area contributed by atoms with Gasteiger partial charge in [0.1, 0.15) is 11.5 Å². The van der Waals surface area contributed by atoms with Crippen LogP contribution in [0.1, 0.15) is 75.2 Å². The Balaban J connectivity index is 1.53. The van der Waals surface area contributed by atoms with Gasteiger partial charge in [0.2, 0.25) is 0 Å². The summed E-state index contributed by atoms with van der Waals surface area (Å²) in [7, 11) is 1.62. The number of nitrogens with one attached hydrogen (secondary N) is 1. The van der Waals surface area contributed by atoms with Crippen molar-refractivity contribution in [3.63, 3.8) is 0 Å². The van der Waals surface area contributed by atoms with Crippen LogP contribution in [0.4, 0.5) is 0 Å². The van der Waals surface area contributed by atoms with Gasteiger partial charge in [-0.2, -0.15) is 0 Å². The Hall–Kier alpha value is -3.46. The molecule has 4 aromatic rings. The summed E-state index contributed by atoms with van der Waals surface area (Å²) in [6, 6.07) is 11.7. The average molecular weight is 491 g/mol. The van der Waals surface area contributed by atoms with Crippen LogP contribution in [-0.4, -0.2) is 37.2 Å². The number of aromatic amines is 1. The second kappa shape index (κ2) is 10.7. The van der Waals surface area contributed by atoms with Crippen molar-refractivity contribution in [1.82, 2.24) is 30.1 Å². The summed E-state index contributed by atoms with van der Waals surface area (Å²) in [5, 5.41) is 14.0. The number of fused-ring (bicyclic) bond motifs is 1. The molecule has 0 amide bonds. The molecule has 9 nitrogen and oxygen atoms in total. The number of benzene rings is 1. The van der Waals surface area contributed by atoms with Crippen molar-refractivity contribution in [1.29, 1.82) is 0 Å². The smallest absolute Gasteiger partial charge is 0.252 e. The summed E-state index contributed by atoms with van der Waals surface area (Å²) < 4.78 is 13.1. The molecular formula is C27H34N6O3. The van der Waals surface area contributed by atoms with Crippen LogP contribution < -0.4 is 10.3 Å². The topological polar surface area (TPSA) is 102 Å². The molecule has 1 aliphatic rings. The predicted molar refractivity (Wildman–Crippen MR) is 137 cm³/mol. The van der Waals surface area contributed by atoms with E-state index in [1.165, 1.54) is 19.3 Å². The summed E-state index contributed by atoms with van der Waals surface area (Å²) in [6.07, 6.45) is 7.53. The van der Waals surface area contributed by atoms with E-state index in [0.717, 1.165) is 35.3 Å². The summed E-state index contributed by atoms with van der Waals surface area (Å²) in [6.45, 7) is 5.32. The number of nitrogens with zero attached hydrogens (tertiary/aromatic N) is 5. The molecule has 0 unspecified atom stereocenters. The van der Waals surface area contributed by atoms with E-state index in [-0.39, 0.29) is 17.5 Å². The Labute approximate surface area is 210 Å². The summed E-state index contributed by atoms with van der Waals surface area (Å²) in [5.74, 6) is 2.60. The zero-order valence-electron chi connectivity index (χ0n) is 21.2. The van der Waals surface area contributed by atoms with E-state index in [0.29, 0.717) is 30.4 Å². The fourth-order valence-corrected chi connectivity index (χ4v) is 5.41. The van der Waals surface area contributed by atoms with Crippen molar-refractivity contribution >= 4 is 10.9 Å². The number of hydrogen-bond acceptors (Lipinski definition) is 7. The van der Waals surface area contributed by atoms with Crippen LogP contribution in [0.2, 0.25) is 0 Å². The highest BCUT2D eigenvalue weighted by molar-refractivity contribution is 5.80. The molecule has 0 saturated heterocycles. The summed E-state index contributed by atoms with van der Waals surface area (Å²) in [4.78, 5) is 18.5. The number of aromatic nitrogens is 5. The monoisotopic (exact) mass is 490 g/mol. The van der Waals surface area contributed by atoms with Crippen LogP contribution >= 0.6 is 0 Å². The molecule has 0 spiro atoms. The average Bonchev–Trinajstić information content (AvgIpc) is 3.57. The molecule has 1 fully saturated rings. The van der Waals surface area contributed by atoms with E-state index >= 15 is 0 Å². The maximum Gasteiger partial charge on any atom is 0.252 e. The summed E-state index contributed by atoms with van der Waals surface area (Å²) in [5.41, 5.74) is 1.32. The SMILES string of the molecule is COc1ccc2cc(CN(Cc3ccco3)[C@H](c3nnnn3C3CCCCC3)C(C)C)c(=O)[nH]c2c1. The van der Waals surface area contributed by atoms with Crippen LogP contribution in [0, 0.1) is 5.92 Å². The van der Waals surface area contributed by atoms with Crippen molar-refractivity contribution in [2.45, 2.75) is 71.1 Å². The van der Waals surface area contributed by atoms with Gasteiger partial charge < -0.3 is 14.1 Å².